The first kappa shape index (κ1) is 16.9. The van der Waals surface area contributed by atoms with Crippen LogP contribution in [0.1, 0.15) is 50.6 Å². The Hall–Kier alpha value is -0.420. The molecule has 1 fully saturated rings. The van der Waals surface area contributed by atoms with Crippen LogP contribution in [-0.4, -0.2) is 35.2 Å². The smallest absolute Gasteiger partial charge is 0.0558 e. The predicted molar refractivity (Wildman–Crippen MR) is 91.2 cm³/mol. The van der Waals surface area contributed by atoms with Gasteiger partial charge in [0, 0.05) is 23.1 Å². The zero-order chi connectivity index (χ0) is 15.2. The molecule has 1 aliphatic carbocycles. The summed E-state index contributed by atoms with van der Waals surface area (Å²) in [4.78, 5) is 2.45. The Morgan fingerprint density at radius 2 is 2.00 bits per heavy atom. The van der Waals surface area contributed by atoms with Crippen molar-refractivity contribution >= 4 is 15.9 Å². The highest BCUT2D eigenvalue weighted by Crippen LogP contribution is 2.36. The van der Waals surface area contributed by atoms with Gasteiger partial charge in [0.2, 0.25) is 0 Å². The summed E-state index contributed by atoms with van der Waals surface area (Å²) in [6, 6.07) is 9.14. The number of halogens is 1. The van der Waals surface area contributed by atoms with Crippen molar-refractivity contribution in [1.29, 1.82) is 0 Å². The maximum atomic E-state index is 9.52. The predicted octanol–water partition coefficient (Wildman–Crippen LogP) is 3.46. The molecule has 2 unspecified atom stereocenters. The van der Waals surface area contributed by atoms with Crippen molar-refractivity contribution in [2.45, 2.75) is 57.2 Å². The number of benzene rings is 1. The molecule has 118 valence electrons. The number of hydrogen-bond donors (Lipinski definition) is 2. The molecule has 0 amide bonds. The van der Waals surface area contributed by atoms with Crippen LogP contribution in [0, 0.1) is 0 Å². The monoisotopic (exact) mass is 354 g/mol. The standard InChI is InChI=1S/C17H27BrN2O/c1-2-16(19)17(14-9-5-6-10-15(14)18)20(11-12-21)13-7-3-4-8-13/h5-6,9-10,13,16-17,21H,2-4,7-8,11-12,19H2,1H3. The molecule has 1 aromatic carbocycles. The third-order valence-electron chi connectivity index (χ3n) is 4.61. The van der Waals surface area contributed by atoms with Gasteiger partial charge in [0.25, 0.3) is 0 Å². The number of rotatable bonds is 7. The normalized spacial score (nSPS) is 19.1. The first-order valence-corrected chi connectivity index (χ1v) is 8.85. The molecular weight excluding hydrogens is 328 g/mol. The van der Waals surface area contributed by atoms with Crippen molar-refractivity contribution < 1.29 is 5.11 Å². The van der Waals surface area contributed by atoms with Crippen molar-refractivity contribution in [1.82, 2.24) is 4.90 Å². The van der Waals surface area contributed by atoms with Crippen molar-refractivity contribution in [3.05, 3.63) is 34.3 Å². The Morgan fingerprint density at radius 3 is 2.57 bits per heavy atom. The molecule has 3 N–H and O–H groups in total. The fraction of sp³-hybridized carbons (Fsp3) is 0.647. The van der Waals surface area contributed by atoms with Crippen LogP contribution in [0.3, 0.4) is 0 Å². The van der Waals surface area contributed by atoms with Crippen molar-refractivity contribution in [3.63, 3.8) is 0 Å². The lowest BCUT2D eigenvalue weighted by Gasteiger charge is -2.39. The molecule has 0 bridgehead atoms. The van der Waals surface area contributed by atoms with E-state index in [4.69, 9.17) is 5.73 Å². The molecule has 0 saturated heterocycles. The third-order valence-corrected chi connectivity index (χ3v) is 5.33. The van der Waals surface area contributed by atoms with E-state index < -0.39 is 0 Å². The minimum Gasteiger partial charge on any atom is -0.395 e. The van der Waals surface area contributed by atoms with Crippen LogP contribution < -0.4 is 5.73 Å². The van der Waals surface area contributed by atoms with E-state index in [0.29, 0.717) is 12.6 Å². The summed E-state index contributed by atoms with van der Waals surface area (Å²) in [5.74, 6) is 0. The van der Waals surface area contributed by atoms with Gasteiger partial charge in [-0.3, -0.25) is 4.90 Å². The highest BCUT2D eigenvalue weighted by atomic mass is 79.9. The fourth-order valence-corrected chi connectivity index (χ4v) is 4.01. The molecule has 1 aliphatic rings. The Morgan fingerprint density at radius 1 is 1.33 bits per heavy atom. The van der Waals surface area contributed by atoms with Crippen LogP contribution in [0.4, 0.5) is 0 Å². The van der Waals surface area contributed by atoms with Gasteiger partial charge >= 0.3 is 0 Å². The highest BCUT2D eigenvalue weighted by molar-refractivity contribution is 9.10. The minimum absolute atomic E-state index is 0.0795. The Kier molecular flexibility index (Phi) is 6.68. The van der Waals surface area contributed by atoms with E-state index in [0.717, 1.165) is 10.9 Å². The Labute approximate surface area is 136 Å². The highest BCUT2D eigenvalue weighted by Gasteiger charge is 2.33. The molecule has 0 spiro atoms. The first-order valence-electron chi connectivity index (χ1n) is 8.05. The van der Waals surface area contributed by atoms with Gasteiger partial charge in [0.05, 0.1) is 12.6 Å². The van der Waals surface area contributed by atoms with Crippen LogP contribution in [0.2, 0.25) is 0 Å². The summed E-state index contributed by atoms with van der Waals surface area (Å²) in [5.41, 5.74) is 7.72. The van der Waals surface area contributed by atoms with E-state index >= 15 is 0 Å². The minimum atomic E-state index is 0.0795. The van der Waals surface area contributed by atoms with E-state index in [9.17, 15) is 5.11 Å². The van der Waals surface area contributed by atoms with Gasteiger partial charge in [-0.15, -0.1) is 0 Å². The molecule has 2 rings (SSSR count). The number of nitrogens with two attached hydrogens (primary N) is 1. The third kappa shape index (κ3) is 4.07. The molecule has 3 nitrogen and oxygen atoms in total. The molecule has 4 heteroatoms. The molecule has 1 aromatic rings. The molecule has 0 radical (unpaired) electrons. The number of aliphatic hydroxyl groups excluding tert-OH is 1. The van der Waals surface area contributed by atoms with Gasteiger partial charge in [0.15, 0.2) is 0 Å². The average molecular weight is 355 g/mol. The first-order chi connectivity index (χ1) is 10.2. The maximum Gasteiger partial charge on any atom is 0.0558 e. The second-order valence-corrected chi connectivity index (χ2v) is 6.79. The second kappa shape index (κ2) is 8.28. The maximum absolute atomic E-state index is 9.52. The van der Waals surface area contributed by atoms with E-state index in [1.54, 1.807) is 0 Å². The molecule has 21 heavy (non-hydrogen) atoms. The van der Waals surface area contributed by atoms with E-state index in [-0.39, 0.29) is 18.7 Å². The lowest BCUT2D eigenvalue weighted by atomic mass is 9.94. The van der Waals surface area contributed by atoms with Gasteiger partial charge in [-0.05, 0) is 30.9 Å². The van der Waals surface area contributed by atoms with E-state index in [1.807, 2.05) is 6.07 Å². The summed E-state index contributed by atoms with van der Waals surface area (Å²) in [7, 11) is 0. The van der Waals surface area contributed by atoms with Crippen molar-refractivity contribution in [2.24, 2.45) is 5.73 Å². The van der Waals surface area contributed by atoms with Gasteiger partial charge in [0.1, 0.15) is 0 Å². The molecule has 0 aliphatic heterocycles. The summed E-state index contributed by atoms with van der Waals surface area (Å²) in [6.45, 7) is 3.03. The zero-order valence-electron chi connectivity index (χ0n) is 12.8. The van der Waals surface area contributed by atoms with Gasteiger partial charge in [-0.2, -0.15) is 0 Å². The summed E-state index contributed by atoms with van der Waals surface area (Å²) >= 11 is 3.68. The molecule has 0 aromatic heterocycles. The molecule has 2 atom stereocenters. The van der Waals surface area contributed by atoms with Crippen molar-refractivity contribution in [2.75, 3.05) is 13.2 Å². The SMILES string of the molecule is CCC(N)C(c1ccccc1Br)N(CCO)C1CCCC1. The fourth-order valence-electron chi connectivity index (χ4n) is 3.49. The largest absolute Gasteiger partial charge is 0.395 e. The lowest BCUT2D eigenvalue weighted by Crippen LogP contribution is -2.46. The van der Waals surface area contributed by atoms with Gasteiger partial charge in [-0.1, -0.05) is 53.9 Å². The molecule has 0 heterocycles. The van der Waals surface area contributed by atoms with Gasteiger partial charge < -0.3 is 10.8 Å². The summed E-state index contributed by atoms with van der Waals surface area (Å²) < 4.78 is 1.11. The topological polar surface area (TPSA) is 49.5 Å². The van der Waals surface area contributed by atoms with Crippen LogP contribution >= 0.6 is 15.9 Å². The van der Waals surface area contributed by atoms with Crippen LogP contribution in [-0.2, 0) is 0 Å². The van der Waals surface area contributed by atoms with E-state index in [2.05, 4.69) is 46.0 Å². The Balaban J connectivity index is 2.34. The summed E-state index contributed by atoms with van der Waals surface area (Å²) in [6.07, 6.45) is 5.95. The number of hydrogen-bond acceptors (Lipinski definition) is 3. The average Bonchev–Trinajstić information content (AvgIpc) is 3.02. The zero-order valence-corrected chi connectivity index (χ0v) is 14.4. The lowest BCUT2D eigenvalue weighted by molar-refractivity contribution is 0.0878. The van der Waals surface area contributed by atoms with E-state index in [1.165, 1.54) is 31.2 Å². The second-order valence-electron chi connectivity index (χ2n) is 5.94. The molecular formula is C17H27BrN2O. The quantitative estimate of drug-likeness (QED) is 0.788. The van der Waals surface area contributed by atoms with Gasteiger partial charge in [-0.25, -0.2) is 0 Å². The number of aliphatic hydroxyl groups is 1. The van der Waals surface area contributed by atoms with Crippen molar-refractivity contribution in [3.8, 4) is 0 Å². The summed E-state index contributed by atoms with van der Waals surface area (Å²) in [5, 5.41) is 9.52. The van der Waals surface area contributed by atoms with Crippen LogP contribution in [0.25, 0.3) is 0 Å². The van der Waals surface area contributed by atoms with Crippen LogP contribution in [0.15, 0.2) is 28.7 Å². The number of nitrogens with zero attached hydrogens (tertiary/aromatic N) is 1. The van der Waals surface area contributed by atoms with Crippen LogP contribution in [0.5, 0.6) is 0 Å². The molecule has 1 saturated carbocycles. The Bertz CT molecular complexity index is 435.